The van der Waals surface area contributed by atoms with Crippen molar-refractivity contribution in [3.8, 4) is 0 Å². The third-order valence-corrected chi connectivity index (χ3v) is 5.39. The molecule has 136 valence electrons. The van der Waals surface area contributed by atoms with Crippen molar-refractivity contribution in [1.29, 1.82) is 0 Å². The Morgan fingerprint density at radius 1 is 1.00 bits per heavy atom. The van der Waals surface area contributed by atoms with Gasteiger partial charge in [-0.1, -0.05) is 64.5 Å². The van der Waals surface area contributed by atoms with Gasteiger partial charge in [-0.15, -0.1) is 0 Å². The van der Waals surface area contributed by atoms with Crippen LogP contribution in [0.2, 0.25) is 0 Å². The van der Waals surface area contributed by atoms with Gasteiger partial charge < -0.3 is 5.32 Å². The summed E-state index contributed by atoms with van der Waals surface area (Å²) in [5, 5.41) is 3.45. The Labute approximate surface area is 149 Å². The van der Waals surface area contributed by atoms with E-state index in [1.807, 2.05) is 0 Å². The predicted molar refractivity (Wildman–Crippen MR) is 106 cm³/mol. The van der Waals surface area contributed by atoms with Crippen molar-refractivity contribution in [3.63, 3.8) is 0 Å². The Balaban J connectivity index is 2.04. The fourth-order valence-corrected chi connectivity index (χ4v) is 4.12. The molecule has 0 aromatic carbocycles. The van der Waals surface area contributed by atoms with E-state index >= 15 is 0 Å². The van der Waals surface area contributed by atoms with Crippen LogP contribution in [0.3, 0.4) is 0 Å². The minimum Gasteiger partial charge on any atom is -0.332 e. The van der Waals surface area contributed by atoms with Crippen LogP contribution in [0.1, 0.15) is 85.5 Å². The molecule has 0 aromatic rings. The molecule has 0 aromatic heterocycles. The molecule has 1 aliphatic heterocycles. The van der Waals surface area contributed by atoms with Gasteiger partial charge in [0.15, 0.2) is 0 Å². The minimum absolute atomic E-state index is 0.0632. The van der Waals surface area contributed by atoms with Gasteiger partial charge in [-0.2, -0.15) is 0 Å². The van der Waals surface area contributed by atoms with E-state index in [0.29, 0.717) is 5.92 Å². The van der Waals surface area contributed by atoms with Crippen molar-refractivity contribution in [2.24, 2.45) is 27.7 Å². The molecule has 1 heterocycles. The first-order chi connectivity index (χ1) is 11.6. The average Bonchev–Trinajstić information content (AvgIpc) is 2.55. The third kappa shape index (κ3) is 5.75. The standard InChI is InChI=1S/C21H37N3/c1-5-7-9-11-18-13-14-20(19(15-18)12-10-8-6-2)21-23-16(3)22-17(4)24-21/h13-14,16,18-20H,5-12,15H2,1-4H3,(H,22,23,24). The molecule has 0 bridgehead atoms. The average molecular weight is 332 g/mol. The lowest BCUT2D eigenvalue weighted by molar-refractivity contribution is 0.312. The first kappa shape index (κ1) is 19.2. The highest BCUT2D eigenvalue weighted by atomic mass is 15.2. The third-order valence-electron chi connectivity index (χ3n) is 5.39. The van der Waals surface area contributed by atoms with Gasteiger partial charge in [0, 0.05) is 5.92 Å². The number of rotatable bonds is 9. The molecule has 0 fully saturated rings. The van der Waals surface area contributed by atoms with Crippen LogP contribution in [0, 0.1) is 17.8 Å². The Bertz CT molecular complexity index is 464. The van der Waals surface area contributed by atoms with Crippen LogP contribution in [0.15, 0.2) is 22.1 Å². The van der Waals surface area contributed by atoms with E-state index in [1.54, 1.807) is 0 Å². The van der Waals surface area contributed by atoms with Crippen molar-refractivity contribution >= 4 is 11.7 Å². The summed E-state index contributed by atoms with van der Waals surface area (Å²) >= 11 is 0. The first-order valence-corrected chi connectivity index (χ1v) is 10.2. The minimum atomic E-state index is 0.0632. The highest BCUT2D eigenvalue weighted by Crippen LogP contribution is 2.35. The quantitative estimate of drug-likeness (QED) is 0.425. The Morgan fingerprint density at radius 3 is 2.38 bits per heavy atom. The topological polar surface area (TPSA) is 36.8 Å². The number of unbranched alkanes of at least 4 members (excludes halogenated alkanes) is 4. The van der Waals surface area contributed by atoms with Gasteiger partial charge in [-0.25, -0.2) is 9.98 Å². The van der Waals surface area contributed by atoms with Crippen LogP contribution in [-0.2, 0) is 0 Å². The highest BCUT2D eigenvalue weighted by molar-refractivity contribution is 6.02. The Kier molecular flexibility index (Phi) is 8.01. The summed E-state index contributed by atoms with van der Waals surface area (Å²) in [4.78, 5) is 9.29. The van der Waals surface area contributed by atoms with E-state index in [4.69, 9.17) is 4.99 Å². The maximum Gasteiger partial charge on any atom is 0.140 e. The van der Waals surface area contributed by atoms with Crippen LogP contribution >= 0.6 is 0 Å². The number of amidine groups is 2. The largest absolute Gasteiger partial charge is 0.332 e. The molecule has 0 spiro atoms. The van der Waals surface area contributed by atoms with Gasteiger partial charge in [0.2, 0.25) is 0 Å². The fourth-order valence-electron chi connectivity index (χ4n) is 4.12. The molecule has 24 heavy (non-hydrogen) atoms. The Hall–Kier alpha value is -1.12. The van der Waals surface area contributed by atoms with Gasteiger partial charge in [0.05, 0.1) is 0 Å². The van der Waals surface area contributed by atoms with E-state index in [-0.39, 0.29) is 6.17 Å². The number of nitrogens with zero attached hydrogens (tertiary/aromatic N) is 2. The zero-order valence-electron chi connectivity index (χ0n) is 16.2. The second-order valence-electron chi connectivity index (χ2n) is 7.64. The number of allylic oxidation sites excluding steroid dienone is 1. The molecule has 0 saturated heterocycles. The first-order valence-electron chi connectivity index (χ1n) is 10.2. The molecule has 0 saturated carbocycles. The van der Waals surface area contributed by atoms with Crippen LogP contribution in [0.4, 0.5) is 0 Å². The molecule has 2 rings (SSSR count). The summed E-state index contributed by atoms with van der Waals surface area (Å²) < 4.78 is 0. The summed E-state index contributed by atoms with van der Waals surface area (Å²) in [5.74, 6) is 4.13. The zero-order chi connectivity index (χ0) is 17.4. The van der Waals surface area contributed by atoms with E-state index in [0.717, 1.165) is 23.5 Å². The van der Waals surface area contributed by atoms with Crippen molar-refractivity contribution in [2.45, 2.75) is 91.6 Å². The van der Waals surface area contributed by atoms with Crippen LogP contribution in [0.25, 0.3) is 0 Å². The summed E-state index contributed by atoms with van der Waals surface area (Å²) in [6, 6.07) is 0. The van der Waals surface area contributed by atoms with Crippen molar-refractivity contribution < 1.29 is 0 Å². The molecule has 4 unspecified atom stereocenters. The molecule has 1 N–H and O–H groups in total. The second-order valence-corrected chi connectivity index (χ2v) is 7.64. The van der Waals surface area contributed by atoms with Crippen molar-refractivity contribution in [1.82, 2.24) is 5.32 Å². The van der Waals surface area contributed by atoms with Crippen molar-refractivity contribution in [2.75, 3.05) is 0 Å². The van der Waals surface area contributed by atoms with Crippen molar-refractivity contribution in [3.05, 3.63) is 12.2 Å². The van der Waals surface area contributed by atoms with Gasteiger partial charge in [-0.3, -0.25) is 0 Å². The smallest absolute Gasteiger partial charge is 0.140 e. The number of hydrogen-bond donors (Lipinski definition) is 1. The van der Waals surface area contributed by atoms with Gasteiger partial charge in [0.1, 0.15) is 17.8 Å². The Morgan fingerprint density at radius 2 is 1.71 bits per heavy atom. The van der Waals surface area contributed by atoms with E-state index < -0.39 is 0 Å². The molecule has 2 aliphatic rings. The summed E-state index contributed by atoms with van der Waals surface area (Å²) in [7, 11) is 0. The highest BCUT2D eigenvalue weighted by Gasteiger charge is 2.31. The lowest BCUT2D eigenvalue weighted by Crippen LogP contribution is -2.42. The van der Waals surface area contributed by atoms with Gasteiger partial charge in [-0.05, 0) is 44.9 Å². The number of aliphatic imine (C=N–C) groups is 2. The molecule has 1 aliphatic carbocycles. The number of hydrogen-bond acceptors (Lipinski definition) is 3. The molecule has 3 nitrogen and oxygen atoms in total. The molecular formula is C21H37N3. The van der Waals surface area contributed by atoms with Gasteiger partial charge in [0.25, 0.3) is 0 Å². The molecular weight excluding hydrogens is 294 g/mol. The van der Waals surface area contributed by atoms with E-state index in [9.17, 15) is 0 Å². The molecule has 4 atom stereocenters. The maximum atomic E-state index is 4.80. The SMILES string of the molecule is CCCCCC1C=CC(C2=NC(C)N=C(C)N2)C(CCCCC)C1. The summed E-state index contributed by atoms with van der Waals surface area (Å²) in [6.45, 7) is 8.71. The van der Waals surface area contributed by atoms with Gasteiger partial charge >= 0.3 is 0 Å². The summed E-state index contributed by atoms with van der Waals surface area (Å²) in [6.07, 6.45) is 17.1. The second kappa shape index (κ2) is 10.0. The maximum absolute atomic E-state index is 4.80. The van der Waals surface area contributed by atoms with Crippen LogP contribution in [-0.4, -0.2) is 17.8 Å². The van der Waals surface area contributed by atoms with Crippen LogP contribution in [0.5, 0.6) is 0 Å². The normalized spacial score (nSPS) is 29.8. The molecule has 0 amide bonds. The summed E-state index contributed by atoms with van der Waals surface area (Å²) in [5.41, 5.74) is 0. The molecule has 3 heteroatoms. The monoisotopic (exact) mass is 331 g/mol. The predicted octanol–water partition coefficient (Wildman–Crippen LogP) is 5.72. The fraction of sp³-hybridized carbons (Fsp3) is 0.810. The van der Waals surface area contributed by atoms with E-state index in [2.05, 4.69) is 50.2 Å². The molecule has 0 radical (unpaired) electrons. The van der Waals surface area contributed by atoms with Crippen LogP contribution < -0.4 is 5.32 Å². The van der Waals surface area contributed by atoms with E-state index in [1.165, 1.54) is 57.8 Å². The number of nitrogens with one attached hydrogen (secondary N) is 1. The lowest BCUT2D eigenvalue weighted by Gasteiger charge is -2.34. The zero-order valence-corrected chi connectivity index (χ0v) is 16.2. The lowest BCUT2D eigenvalue weighted by atomic mass is 9.74.